The van der Waals surface area contributed by atoms with Gasteiger partial charge in [-0.15, -0.1) is 19.7 Å². The van der Waals surface area contributed by atoms with E-state index in [0.29, 0.717) is 0 Å². The SMILES string of the molecule is C=CCCC=C(C)C.C=CCCCC=C. The molecule has 0 aromatic heterocycles. The molecule has 0 saturated carbocycles. The normalized spacial score (nSPS) is 8.13. The van der Waals surface area contributed by atoms with Crippen molar-refractivity contribution in [2.45, 2.75) is 46.0 Å². The van der Waals surface area contributed by atoms with Crippen LogP contribution in [0, 0.1) is 0 Å². The standard InChI is InChI=1S/C8H14.C7H12/c1-4-5-6-7-8(2)3;1-3-5-7-6-4-2/h4,7H,1,5-6H2,2-3H3;3-4H,1-2,5-7H2. The molecule has 86 valence electrons. The number of hydrogen-bond acceptors (Lipinski definition) is 0. The molecule has 0 heterocycles. The monoisotopic (exact) mass is 206 g/mol. The number of hydrogen-bond donors (Lipinski definition) is 0. The quantitative estimate of drug-likeness (QED) is 0.384. The summed E-state index contributed by atoms with van der Waals surface area (Å²) in [6.45, 7) is 15.1. The van der Waals surface area contributed by atoms with Crippen LogP contribution in [0.2, 0.25) is 0 Å². The number of allylic oxidation sites excluding steroid dienone is 5. The first-order valence-corrected chi connectivity index (χ1v) is 5.65. The van der Waals surface area contributed by atoms with Crippen LogP contribution in [0.1, 0.15) is 46.0 Å². The van der Waals surface area contributed by atoms with Crippen molar-refractivity contribution in [3.05, 3.63) is 49.6 Å². The molecule has 0 radical (unpaired) electrons. The fourth-order valence-corrected chi connectivity index (χ4v) is 0.896. The lowest BCUT2D eigenvalue weighted by Crippen LogP contribution is -1.65. The molecule has 0 spiro atoms. The maximum Gasteiger partial charge on any atom is -0.0314 e. The molecule has 0 aromatic carbocycles. The maximum absolute atomic E-state index is 3.63. The van der Waals surface area contributed by atoms with Crippen molar-refractivity contribution in [1.29, 1.82) is 0 Å². The third-order valence-corrected chi connectivity index (χ3v) is 1.74. The molecule has 0 aliphatic heterocycles. The largest absolute Gasteiger partial charge is 0.103 e. The van der Waals surface area contributed by atoms with E-state index in [4.69, 9.17) is 0 Å². The molecule has 0 bridgehead atoms. The zero-order valence-corrected chi connectivity index (χ0v) is 10.5. The van der Waals surface area contributed by atoms with Crippen molar-refractivity contribution in [2.75, 3.05) is 0 Å². The first-order valence-electron chi connectivity index (χ1n) is 5.65. The molecule has 0 aliphatic carbocycles. The highest BCUT2D eigenvalue weighted by Crippen LogP contribution is 1.96. The van der Waals surface area contributed by atoms with E-state index < -0.39 is 0 Å². The summed E-state index contributed by atoms with van der Waals surface area (Å²) >= 11 is 0. The first-order chi connectivity index (χ1) is 7.18. The van der Waals surface area contributed by atoms with E-state index >= 15 is 0 Å². The lowest BCUT2D eigenvalue weighted by Gasteiger charge is -1.86. The van der Waals surface area contributed by atoms with Gasteiger partial charge in [-0.1, -0.05) is 29.9 Å². The molecule has 0 N–H and O–H groups in total. The molecule has 0 saturated heterocycles. The van der Waals surface area contributed by atoms with E-state index in [-0.39, 0.29) is 0 Å². The van der Waals surface area contributed by atoms with E-state index in [0.717, 1.165) is 25.7 Å². The fraction of sp³-hybridized carbons (Fsp3) is 0.467. The molecule has 0 nitrogen and oxygen atoms in total. The summed E-state index contributed by atoms with van der Waals surface area (Å²) in [6.07, 6.45) is 13.7. The highest BCUT2D eigenvalue weighted by Gasteiger charge is 1.75. The van der Waals surface area contributed by atoms with E-state index in [1.54, 1.807) is 0 Å². The van der Waals surface area contributed by atoms with Gasteiger partial charge in [-0.25, -0.2) is 0 Å². The molecule has 0 fully saturated rings. The van der Waals surface area contributed by atoms with Crippen molar-refractivity contribution >= 4 is 0 Å². The number of rotatable bonds is 7. The minimum atomic E-state index is 1.10. The molecule has 0 aromatic rings. The van der Waals surface area contributed by atoms with E-state index in [9.17, 15) is 0 Å². The van der Waals surface area contributed by atoms with Gasteiger partial charge in [0.1, 0.15) is 0 Å². The summed E-state index contributed by atoms with van der Waals surface area (Å²) in [4.78, 5) is 0. The van der Waals surface area contributed by atoms with Gasteiger partial charge in [0.05, 0.1) is 0 Å². The van der Waals surface area contributed by atoms with Crippen LogP contribution in [-0.2, 0) is 0 Å². The zero-order chi connectivity index (χ0) is 11.9. The van der Waals surface area contributed by atoms with Crippen LogP contribution < -0.4 is 0 Å². The van der Waals surface area contributed by atoms with Crippen LogP contribution in [0.4, 0.5) is 0 Å². The van der Waals surface area contributed by atoms with Gasteiger partial charge >= 0.3 is 0 Å². The third kappa shape index (κ3) is 24.6. The van der Waals surface area contributed by atoms with Gasteiger partial charge in [0, 0.05) is 0 Å². The third-order valence-electron chi connectivity index (χ3n) is 1.74. The van der Waals surface area contributed by atoms with Gasteiger partial charge in [-0.2, -0.15) is 0 Å². The lowest BCUT2D eigenvalue weighted by molar-refractivity contribution is 0.871. The smallest absolute Gasteiger partial charge is 0.0314 e. The molecule has 0 amide bonds. The Kier molecular flexibility index (Phi) is 16.9. The van der Waals surface area contributed by atoms with Gasteiger partial charge < -0.3 is 0 Å². The number of unbranched alkanes of at least 4 members (excludes halogenated alkanes) is 3. The predicted molar refractivity (Wildman–Crippen MR) is 73.1 cm³/mol. The average Bonchev–Trinajstić information content (AvgIpc) is 2.20. The first kappa shape index (κ1) is 16.4. The van der Waals surface area contributed by atoms with E-state index in [2.05, 4.69) is 39.7 Å². The lowest BCUT2D eigenvalue weighted by atomic mass is 10.2. The van der Waals surface area contributed by atoms with E-state index in [1.807, 2.05) is 18.2 Å². The van der Waals surface area contributed by atoms with Crippen LogP contribution in [0.3, 0.4) is 0 Å². The summed E-state index contributed by atoms with van der Waals surface area (Å²) in [5, 5.41) is 0. The molecular formula is C15H26. The Morgan fingerprint density at radius 3 is 1.60 bits per heavy atom. The van der Waals surface area contributed by atoms with E-state index in [1.165, 1.54) is 12.0 Å². The summed E-state index contributed by atoms with van der Waals surface area (Å²) in [5.74, 6) is 0. The second-order valence-corrected chi connectivity index (χ2v) is 3.66. The van der Waals surface area contributed by atoms with Crippen molar-refractivity contribution in [2.24, 2.45) is 0 Å². The van der Waals surface area contributed by atoms with Crippen molar-refractivity contribution in [1.82, 2.24) is 0 Å². The molecule has 0 heteroatoms. The minimum Gasteiger partial charge on any atom is -0.103 e. The molecule has 15 heavy (non-hydrogen) atoms. The average molecular weight is 206 g/mol. The second-order valence-electron chi connectivity index (χ2n) is 3.66. The van der Waals surface area contributed by atoms with Crippen molar-refractivity contribution in [3.63, 3.8) is 0 Å². The summed E-state index contributed by atoms with van der Waals surface area (Å²) in [6, 6.07) is 0. The second kappa shape index (κ2) is 15.4. The highest BCUT2D eigenvalue weighted by atomic mass is 13.8. The Hall–Kier alpha value is -1.04. The van der Waals surface area contributed by atoms with Crippen molar-refractivity contribution < 1.29 is 0 Å². The van der Waals surface area contributed by atoms with Gasteiger partial charge in [0.25, 0.3) is 0 Å². The van der Waals surface area contributed by atoms with Crippen LogP contribution in [0.5, 0.6) is 0 Å². The van der Waals surface area contributed by atoms with Crippen LogP contribution >= 0.6 is 0 Å². The highest BCUT2D eigenvalue weighted by molar-refractivity contribution is 4.93. The van der Waals surface area contributed by atoms with Gasteiger partial charge in [-0.05, 0) is 46.0 Å². The fourth-order valence-electron chi connectivity index (χ4n) is 0.896. The Bertz CT molecular complexity index is 172. The molecular weight excluding hydrogens is 180 g/mol. The van der Waals surface area contributed by atoms with Crippen LogP contribution in [0.15, 0.2) is 49.6 Å². The van der Waals surface area contributed by atoms with Crippen molar-refractivity contribution in [3.8, 4) is 0 Å². The van der Waals surface area contributed by atoms with Gasteiger partial charge in [0.2, 0.25) is 0 Å². The molecule has 0 rings (SSSR count). The Morgan fingerprint density at radius 1 is 0.800 bits per heavy atom. The van der Waals surface area contributed by atoms with Crippen LogP contribution in [-0.4, -0.2) is 0 Å². The van der Waals surface area contributed by atoms with Crippen LogP contribution in [0.25, 0.3) is 0 Å². The summed E-state index contributed by atoms with van der Waals surface area (Å²) < 4.78 is 0. The summed E-state index contributed by atoms with van der Waals surface area (Å²) in [7, 11) is 0. The molecule has 0 atom stereocenters. The Labute approximate surface area is 96.1 Å². The predicted octanol–water partition coefficient (Wildman–Crippen LogP) is 5.45. The Balaban J connectivity index is 0. The van der Waals surface area contributed by atoms with Gasteiger partial charge in [-0.3, -0.25) is 0 Å². The van der Waals surface area contributed by atoms with Gasteiger partial charge in [0.15, 0.2) is 0 Å². The topological polar surface area (TPSA) is 0 Å². The minimum absolute atomic E-state index is 1.10. The maximum atomic E-state index is 3.63. The summed E-state index contributed by atoms with van der Waals surface area (Å²) in [5.41, 5.74) is 1.40. The zero-order valence-electron chi connectivity index (χ0n) is 10.5. The Morgan fingerprint density at radius 2 is 1.27 bits per heavy atom. The molecule has 0 aliphatic rings. The molecule has 0 unspecified atom stereocenters.